The number of benzene rings is 3. The van der Waals surface area contributed by atoms with E-state index in [2.05, 4.69) is 53.4 Å². The molecule has 0 saturated carbocycles. The van der Waals surface area contributed by atoms with Crippen molar-refractivity contribution in [2.75, 3.05) is 33.3 Å². The summed E-state index contributed by atoms with van der Waals surface area (Å²) in [5, 5.41) is 0. The summed E-state index contributed by atoms with van der Waals surface area (Å²) < 4.78 is 11.1. The molecule has 3 aromatic rings. The maximum Gasteiger partial charge on any atom is 0.263 e. The fourth-order valence-electron chi connectivity index (χ4n) is 4.25. The van der Waals surface area contributed by atoms with Crippen LogP contribution in [0.1, 0.15) is 24.1 Å². The molecule has 5 heteroatoms. The molecule has 1 atom stereocenters. The molecule has 1 amide bonds. The summed E-state index contributed by atoms with van der Waals surface area (Å²) in [6.07, 6.45) is -0.533. The van der Waals surface area contributed by atoms with E-state index < -0.39 is 6.10 Å². The minimum atomic E-state index is -0.533. The lowest BCUT2D eigenvalue weighted by atomic mass is 9.96. The Kier molecular flexibility index (Phi) is 7.07. The van der Waals surface area contributed by atoms with E-state index in [1.807, 2.05) is 48.2 Å². The summed E-state index contributed by atoms with van der Waals surface area (Å²) in [4.78, 5) is 17.4. The average molecular weight is 431 g/mol. The zero-order chi connectivity index (χ0) is 22.3. The molecule has 0 radical (unpaired) electrons. The van der Waals surface area contributed by atoms with E-state index in [1.165, 1.54) is 11.1 Å². The summed E-state index contributed by atoms with van der Waals surface area (Å²) in [7, 11) is 1.63. The molecule has 3 aromatic carbocycles. The smallest absolute Gasteiger partial charge is 0.263 e. The number of carbonyl (C=O) groups is 1. The normalized spacial score (nSPS) is 15.4. The van der Waals surface area contributed by atoms with Gasteiger partial charge in [0.05, 0.1) is 13.2 Å². The number of ether oxygens (including phenoxy) is 2. The van der Waals surface area contributed by atoms with Crippen molar-refractivity contribution in [2.24, 2.45) is 0 Å². The summed E-state index contributed by atoms with van der Waals surface area (Å²) >= 11 is 0. The Morgan fingerprint density at radius 3 is 1.75 bits per heavy atom. The molecule has 5 nitrogen and oxygen atoms in total. The average Bonchev–Trinajstić information content (AvgIpc) is 2.86. The van der Waals surface area contributed by atoms with E-state index in [4.69, 9.17) is 9.47 Å². The van der Waals surface area contributed by atoms with Crippen LogP contribution < -0.4 is 9.47 Å². The zero-order valence-electron chi connectivity index (χ0n) is 18.7. The van der Waals surface area contributed by atoms with Gasteiger partial charge < -0.3 is 14.4 Å². The first-order valence-corrected chi connectivity index (χ1v) is 11.1. The van der Waals surface area contributed by atoms with Gasteiger partial charge in [-0.25, -0.2) is 0 Å². The first-order valence-electron chi connectivity index (χ1n) is 11.1. The second-order valence-corrected chi connectivity index (χ2v) is 8.02. The van der Waals surface area contributed by atoms with Gasteiger partial charge in [0.1, 0.15) is 11.5 Å². The molecule has 1 fully saturated rings. The van der Waals surface area contributed by atoms with Crippen LogP contribution in [-0.4, -0.2) is 55.1 Å². The van der Waals surface area contributed by atoms with Crippen LogP contribution in [0.5, 0.6) is 11.5 Å². The minimum Gasteiger partial charge on any atom is -0.497 e. The molecule has 4 rings (SSSR count). The lowest BCUT2D eigenvalue weighted by Gasteiger charge is -2.40. The molecule has 1 unspecified atom stereocenters. The zero-order valence-corrected chi connectivity index (χ0v) is 18.7. The van der Waals surface area contributed by atoms with E-state index in [9.17, 15) is 4.79 Å². The van der Waals surface area contributed by atoms with Gasteiger partial charge in [-0.05, 0) is 42.3 Å². The van der Waals surface area contributed by atoms with Crippen LogP contribution in [0.2, 0.25) is 0 Å². The number of nitrogens with zero attached hydrogens (tertiary/aromatic N) is 2. The Labute approximate surface area is 190 Å². The Morgan fingerprint density at radius 1 is 0.750 bits per heavy atom. The molecule has 166 valence electrons. The minimum absolute atomic E-state index is 0.0245. The number of methoxy groups -OCH3 is 1. The molecule has 1 heterocycles. The topological polar surface area (TPSA) is 42.0 Å². The van der Waals surface area contributed by atoms with Crippen LogP contribution in [0.25, 0.3) is 0 Å². The highest BCUT2D eigenvalue weighted by Crippen LogP contribution is 2.29. The van der Waals surface area contributed by atoms with Crippen LogP contribution in [0.3, 0.4) is 0 Å². The first-order chi connectivity index (χ1) is 15.7. The molecule has 1 aliphatic rings. The van der Waals surface area contributed by atoms with Crippen LogP contribution in [0.4, 0.5) is 0 Å². The number of piperazine rings is 1. The van der Waals surface area contributed by atoms with Gasteiger partial charge >= 0.3 is 0 Å². The van der Waals surface area contributed by atoms with Gasteiger partial charge in [0, 0.05) is 26.2 Å². The van der Waals surface area contributed by atoms with Gasteiger partial charge in [-0.15, -0.1) is 0 Å². The molecule has 0 bridgehead atoms. The number of carbonyl (C=O) groups excluding carboxylic acids is 1. The third-order valence-electron chi connectivity index (χ3n) is 5.94. The monoisotopic (exact) mass is 430 g/mol. The summed E-state index contributed by atoms with van der Waals surface area (Å²) in [5.74, 6) is 1.45. The highest BCUT2D eigenvalue weighted by molar-refractivity contribution is 5.81. The summed E-state index contributed by atoms with van der Waals surface area (Å²) in [6, 6.07) is 28.7. The second kappa shape index (κ2) is 10.3. The fourth-order valence-corrected chi connectivity index (χ4v) is 4.25. The van der Waals surface area contributed by atoms with E-state index in [0.29, 0.717) is 18.8 Å². The van der Waals surface area contributed by atoms with Crippen LogP contribution in [0.15, 0.2) is 84.9 Å². The van der Waals surface area contributed by atoms with Crippen molar-refractivity contribution < 1.29 is 14.3 Å². The second-order valence-electron chi connectivity index (χ2n) is 8.02. The van der Waals surface area contributed by atoms with Crippen LogP contribution >= 0.6 is 0 Å². The molecule has 0 aliphatic carbocycles. The van der Waals surface area contributed by atoms with Crippen molar-refractivity contribution in [1.82, 2.24) is 9.80 Å². The van der Waals surface area contributed by atoms with Crippen molar-refractivity contribution in [3.8, 4) is 11.5 Å². The summed E-state index contributed by atoms with van der Waals surface area (Å²) in [5.41, 5.74) is 2.55. The van der Waals surface area contributed by atoms with Crippen molar-refractivity contribution in [2.45, 2.75) is 19.1 Å². The predicted octanol–water partition coefficient (Wildman–Crippen LogP) is 4.40. The first kappa shape index (κ1) is 21.9. The Morgan fingerprint density at radius 2 is 1.25 bits per heavy atom. The molecular weight excluding hydrogens is 400 g/mol. The molecule has 0 N–H and O–H groups in total. The molecule has 32 heavy (non-hydrogen) atoms. The van der Waals surface area contributed by atoms with E-state index >= 15 is 0 Å². The quantitative estimate of drug-likeness (QED) is 0.557. The number of rotatable bonds is 7. The lowest BCUT2D eigenvalue weighted by molar-refractivity contribution is -0.140. The van der Waals surface area contributed by atoms with Gasteiger partial charge in [0.2, 0.25) is 0 Å². The van der Waals surface area contributed by atoms with Gasteiger partial charge in [-0.3, -0.25) is 9.69 Å². The molecule has 0 aromatic heterocycles. The number of hydrogen-bond acceptors (Lipinski definition) is 4. The SMILES string of the molecule is COc1ccc(OC(C)C(=O)N2CCN(C(c3ccccc3)c3ccccc3)CC2)cc1. The van der Waals surface area contributed by atoms with Crippen LogP contribution in [-0.2, 0) is 4.79 Å². The van der Waals surface area contributed by atoms with Gasteiger partial charge in [0.25, 0.3) is 5.91 Å². The van der Waals surface area contributed by atoms with Crippen molar-refractivity contribution in [3.63, 3.8) is 0 Å². The molecule has 1 saturated heterocycles. The largest absolute Gasteiger partial charge is 0.497 e. The van der Waals surface area contributed by atoms with E-state index in [0.717, 1.165) is 18.8 Å². The van der Waals surface area contributed by atoms with E-state index in [-0.39, 0.29) is 11.9 Å². The van der Waals surface area contributed by atoms with Gasteiger partial charge in [0.15, 0.2) is 6.10 Å². The predicted molar refractivity (Wildman–Crippen MR) is 126 cm³/mol. The maximum atomic E-state index is 13.0. The standard InChI is InChI=1S/C27H30N2O3/c1-21(32-25-15-13-24(31-2)14-16-25)27(30)29-19-17-28(18-20-29)26(22-9-5-3-6-10-22)23-11-7-4-8-12-23/h3-16,21,26H,17-20H2,1-2H3. The third-order valence-corrected chi connectivity index (χ3v) is 5.94. The van der Waals surface area contributed by atoms with Crippen LogP contribution in [0, 0.1) is 0 Å². The highest BCUT2D eigenvalue weighted by atomic mass is 16.5. The molecular formula is C27H30N2O3. The van der Waals surface area contributed by atoms with Gasteiger partial charge in [-0.2, -0.15) is 0 Å². The van der Waals surface area contributed by atoms with Gasteiger partial charge in [-0.1, -0.05) is 60.7 Å². The Bertz CT molecular complexity index is 945. The number of hydrogen-bond donors (Lipinski definition) is 0. The van der Waals surface area contributed by atoms with Crippen molar-refractivity contribution in [1.29, 1.82) is 0 Å². The van der Waals surface area contributed by atoms with Crippen molar-refractivity contribution >= 4 is 5.91 Å². The van der Waals surface area contributed by atoms with Crippen molar-refractivity contribution in [3.05, 3.63) is 96.1 Å². The maximum absolute atomic E-state index is 13.0. The fraction of sp³-hybridized carbons (Fsp3) is 0.296. The third kappa shape index (κ3) is 5.11. The molecule has 0 spiro atoms. The number of amides is 1. The summed E-state index contributed by atoms with van der Waals surface area (Å²) in [6.45, 7) is 4.82. The Balaban J connectivity index is 1.40. The van der Waals surface area contributed by atoms with E-state index in [1.54, 1.807) is 7.11 Å². The molecule has 1 aliphatic heterocycles. The lowest BCUT2D eigenvalue weighted by Crippen LogP contribution is -2.52. The highest BCUT2D eigenvalue weighted by Gasteiger charge is 2.30. The Hall–Kier alpha value is -3.31.